The summed E-state index contributed by atoms with van der Waals surface area (Å²) in [7, 11) is 1.60. The molecule has 7 nitrogen and oxygen atoms in total. The van der Waals surface area contributed by atoms with Gasteiger partial charge in [-0.05, 0) is 29.0 Å². The van der Waals surface area contributed by atoms with E-state index in [1.165, 1.54) is 6.08 Å². The van der Waals surface area contributed by atoms with Gasteiger partial charge >= 0.3 is 0 Å². The summed E-state index contributed by atoms with van der Waals surface area (Å²) in [6.07, 6.45) is 3.06. The molecule has 0 bridgehead atoms. The van der Waals surface area contributed by atoms with Crippen LogP contribution in [-0.4, -0.2) is 33.6 Å². The van der Waals surface area contributed by atoms with Crippen molar-refractivity contribution >= 4 is 17.9 Å². The number of anilines is 1. The molecular weight excluding hydrogens is 234 g/mol. The smallest absolute Gasteiger partial charge is 0.270 e. The number of ether oxygens (including phenoxy) is 1. The van der Waals surface area contributed by atoms with E-state index in [-0.39, 0.29) is 11.9 Å². The molecule has 92 valence electrons. The van der Waals surface area contributed by atoms with Crippen LogP contribution in [-0.2, 0) is 4.79 Å². The fraction of sp³-hybridized carbons (Fsp3) is 0.0909. The first-order chi connectivity index (χ1) is 8.78. The highest BCUT2D eigenvalue weighted by Gasteiger charge is 2.00. The molecular formula is C11H11N5O2. The number of methoxy groups -OCH3 is 1. The van der Waals surface area contributed by atoms with Crippen LogP contribution in [0.1, 0.15) is 5.56 Å². The summed E-state index contributed by atoms with van der Waals surface area (Å²) in [5.74, 6) is 0.579. The van der Waals surface area contributed by atoms with Gasteiger partial charge in [-0.15, -0.1) is 5.10 Å². The molecule has 2 N–H and O–H groups in total. The highest BCUT2D eigenvalue weighted by atomic mass is 16.5. The number of tetrazole rings is 1. The van der Waals surface area contributed by atoms with Gasteiger partial charge in [0.2, 0.25) is 0 Å². The van der Waals surface area contributed by atoms with Crippen LogP contribution < -0.4 is 10.1 Å². The summed E-state index contributed by atoms with van der Waals surface area (Å²) in [5.41, 5.74) is 0.888. The number of amides is 1. The van der Waals surface area contributed by atoms with Gasteiger partial charge in [-0.1, -0.05) is 17.2 Å². The third-order valence-corrected chi connectivity index (χ3v) is 2.12. The number of carbonyl (C=O) groups excluding carboxylic acids is 1. The average molecular weight is 245 g/mol. The minimum Gasteiger partial charge on any atom is -0.497 e. The first kappa shape index (κ1) is 11.8. The zero-order chi connectivity index (χ0) is 12.8. The van der Waals surface area contributed by atoms with E-state index in [9.17, 15) is 4.79 Å². The molecule has 1 aromatic carbocycles. The van der Waals surface area contributed by atoms with Crippen LogP contribution in [0.2, 0.25) is 0 Å². The fourth-order valence-electron chi connectivity index (χ4n) is 1.25. The molecule has 18 heavy (non-hydrogen) atoms. The minimum atomic E-state index is -0.327. The molecule has 1 heterocycles. The van der Waals surface area contributed by atoms with Gasteiger partial charge in [-0.2, -0.15) is 5.21 Å². The second kappa shape index (κ2) is 5.58. The quantitative estimate of drug-likeness (QED) is 0.779. The summed E-state index contributed by atoms with van der Waals surface area (Å²) in [6.45, 7) is 0. The first-order valence-electron chi connectivity index (χ1n) is 5.14. The van der Waals surface area contributed by atoms with E-state index in [4.69, 9.17) is 4.74 Å². The maximum atomic E-state index is 11.5. The van der Waals surface area contributed by atoms with Gasteiger partial charge in [0.05, 0.1) is 7.11 Å². The van der Waals surface area contributed by atoms with Gasteiger partial charge in [0, 0.05) is 6.08 Å². The van der Waals surface area contributed by atoms with Crippen molar-refractivity contribution in [2.75, 3.05) is 12.4 Å². The molecule has 0 unspecified atom stereocenters. The van der Waals surface area contributed by atoms with Gasteiger partial charge in [0.1, 0.15) is 5.75 Å². The Labute approximate surface area is 103 Å². The molecule has 0 aliphatic rings. The predicted octanol–water partition coefficient (Wildman–Crippen LogP) is 0.860. The van der Waals surface area contributed by atoms with Gasteiger partial charge < -0.3 is 4.74 Å². The van der Waals surface area contributed by atoms with Crippen molar-refractivity contribution in [3.63, 3.8) is 0 Å². The zero-order valence-electron chi connectivity index (χ0n) is 9.62. The zero-order valence-corrected chi connectivity index (χ0v) is 9.62. The molecule has 0 aliphatic heterocycles. The molecule has 0 radical (unpaired) electrons. The van der Waals surface area contributed by atoms with E-state index in [0.29, 0.717) is 0 Å². The molecule has 0 aliphatic carbocycles. The van der Waals surface area contributed by atoms with Crippen LogP contribution in [0.3, 0.4) is 0 Å². The van der Waals surface area contributed by atoms with Crippen molar-refractivity contribution in [2.45, 2.75) is 0 Å². The first-order valence-corrected chi connectivity index (χ1v) is 5.14. The van der Waals surface area contributed by atoms with Gasteiger partial charge in [-0.3, -0.25) is 10.1 Å². The number of nitrogens with one attached hydrogen (secondary N) is 2. The van der Waals surface area contributed by atoms with Crippen molar-refractivity contribution in [3.8, 4) is 5.75 Å². The monoisotopic (exact) mass is 245 g/mol. The number of rotatable bonds is 4. The summed E-state index contributed by atoms with van der Waals surface area (Å²) in [5, 5.41) is 15.2. The Morgan fingerprint density at radius 1 is 1.39 bits per heavy atom. The third kappa shape index (κ3) is 3.14. The normalized spacial score (nSPS) is 10.5. The Kier molecular flexibility index (Phi) is 3.65. The Morgan fingerprint density at radius 2 is 2.17 bits per heavy atom. The number of carbonyl (C=O) groups is 1. The van der Waals surface area contributed by atoms with Crippen molar-refractivity contribution in [1.29, 1.82) is 0 Å². The third-order valence-electron chi connectivity index (χ3n) is 2.12. The molecule has 0 atom stereocenters. The summed E-state index contributed by atoms with van der Waals surface area (Å²) in [6, 6.07) is 7.32. The Balaban J connectivity index is 1.95. The van der Waals surface area contributed by atoms with Gasteiger partial charge in [0.25, 0.3) is 11.9 Å². The summed E-state index contributed by atoms with van der Waals surface area (Å²) >= 11 is 0. The standard InChI is InChI=1S/C11H11N5O2/c1-18-9-5-2-8(3-6-9)4-7-10(17)12-11-13-15-16-14-11/h2-7H,1H3,(H2,12,13,14,15,16,17)/b7-4+. The highest BCUT2D eigenvalue weighted by Crippen LogP contribution is 2.12. The largest absolute Gasteiger partial charge is 0.497 e. The minimum absolute atomic E-state index is 0.138. The molecule has 1 amide bonds. The lowest BCUT2D eigenvalue weighted by Gasteiger charge is -1.99. The van der Waals surface area contributed by atoms with E-state index in [1.54, 1.807) is 13.2 Å². The number of aromatic amines is 1. The lowest BCUT2D eigenvalue weighted by Crippen LogP contribution is -2.09. The Hall–Kier alpha value is -2.70. The number of nitrogens with zero attached hydrogens (tertiary/aromatic N) is 3. The highest BCUT2D eigenvalue weighted by molar-refractivity contribution is 6.00. The number of H-pyrrole nitrogens is 1. The van der Waals surface area contributed by atoms with E-state index < -0.39 is 0 Å². The van der Waals surface area contributed by atoms with Crippen LogP contribution in [0.25, 0.3) is 6.08 Å². The Bertz CT molecular complexity index is 533. The van der Waals surface area contributed by atoms with E-state index in [0.717, 1.165) is 11.3 Å². The molecule has 7 heteroatoms. The maximum Gasteiger partial charge on any atom is 0.270 e. The van der Waals surface area contributed by atoms with Crippen molar-refractivity contribution in [3.05, 3.63) is 35.9 Å². The summed E-state index contributed by atoms with van der Waals surface area (Å²) in [4.78, 5) is 11.5. The second-order valence-corrected chi connectivity index (χ2v) is 3.33. The molecule has 1 aromatic heterocycles. The lowest BCUT2D eigenvalue weighted by atomic mass is 10.2. The maximum absolute atomic E-state index is 11.5. The number of aromatic nitrogens is 4. The van der Waals surface area contributed by atoms with Crippen LogP contribution in [0.5, 0.6) is 5.75 Å². The molecule has 2 aromatic rings. The molecule has 0 spiro atoms. The molecule has 2 rings (SSSR count). The van der Waals surface area contributed by atoms with Crippen LogP contribution in [0, 0.1) is 0 Å². The SMILES string of the molecule is COc1ccc(/C=C/C(=O)Nc2nn[nH]n2)cc1. The van der Waals surface area contributed by atoms with Crippen LogP contribution in [0.15, 0.2) is 30.3 Å². The summed E-state index contributed by atoms with van der Waals surface area (Å²) < 4.78 is 5.03. The van der Waals surface area contributed by atoms with Gasteiger partial charge in [0.15, 0.2) is 0 Å². The van der Waals surface area contributed by atoms with Crippen molar-refractivity contribution in [1.82, 2.24) is 20.6 Å². The molecule has 0 saturated carbocycles. The molecule has 0 saturated heterocycles. The van der Waals surface area contributed by atoms with E-state index in [1.807, 2.05) is 24.3 Å². The van der Waals surface area contributed by atoms with E-state index >= 15 is 0 Å². The van der Waals surface area contributed by atoms with Crippen LogP contribution in [0.4, 0.5) is 5.95 Å². The number of benzene rings is 1. The van der Waals surface area contributed by atoms with E-state index in [2.05, 4.69) is 25.9 Å². The second-order valence-electron chi connectivity index (χ2n) is 3.33. The van der Waals surface area contributed by atoms with Crippen LogP contribution >= 0.6 is 0 Å². The average Bonchev–Trinajstić information content (AvgIpc) is 2.90. The fourth-order valence-corrected chi connectivity index (χ4v) is 1.25. The molecule has 0 fully saturated rings. The Morgan fingerprint density at radius 3 is 2.78 bits per heavy atom. The van der Waals surface area contributed by atoms with Crippen molar-refractivity contribution in [2.24, 2.45) is 0 Å². The van der Waals surface area contributed by atoms with Crippen molar-refractivity contribution < 1.29 is 9.53 Å². The number of hydrogen-bond acceptors (Lipinski definition) is 5. The number of hydrogen-bond donors (Lipinski definition) is 2. The topological polar surface area (TPSA) is 92.8 Å². The predicted molar refractivity (Wildman–Crippen MR) is 64.8 cm³/mol. The lowest BCUT2D eigenvalue weighted by molar-refractivity contribution is -0.111. The van der Waals surface area contributed by atoms with Gasteiger partial charge in [-0.25, -0.2) is 0 Å².